The summed E-state index contributed by atoms with van der Waals surface area (Å²) in [5.41, 5.74) is -0.775. The van der Waals surface area contributed by atoms with Crippen LogP contribution >= 0.6 is 11.6 Å². The van der Waals surface area contributed by atoms with E-state index in [9.17, 15) is 18.0 Å². The van der Waals surface area contributed by atoms with Crippen molar-refractivity contribution < 1.29 is 22.5 Å². The van der Waals surface area contributed by atoms with Gasteiger partial charge in [0.25, 0.3) is 5.91 Å². The van der Waals surface area contributed by atoms with E-state index < -0.39 is 17.8 Å². The first-order valence-corrected chi connectivity index (χ1v) is 8.12. The number of carbonyl (C=O) groups excluding carboxylic acids is 1. The Kier molecular flexibility index (Phi) is 5.41. The number of benzene rings is 1. The van der Waals surface area contributed by atoms with Gasteiger partial charge in [0.15, 0.2) is 0 Å². The van der Waals surface area contributed by atoms with Crippen molar-refractivity contribution in [2.24, 2.45) is 0 Å². The van der Waals surface area contributed by atoms with E-state index in [4.69, 9.17) is 16.1 Å². The van der Waals surface area contributed by atoms with Crippen molar-refractivity contribution in [3.8, 4) is 11.4 Å². The van der Waals surface area contributed by atoms with Crippen LogP contribution in [0.25, 0.3) is 11.4 Å². The van der Waals surface area contributed by atoms with Gasteiger partial charge in [-0.1, -0.05) is 35.0 Å². The van der Waals surface area contributed by atoms with Crippen LogP contribution < -0.4 is 5.32 Å². The van der Waals surface area contributed by atoms with Crippen molar-refractivity contribution >= 4 is 17.5 Å². The Morgan fingerprint density at radius 1 is 1.15 bits per heavy atom. The molecule has 0 spiro atoms. The maximum Gasteiger partial charge on any atom is 0.433 e. The fourth-order valence-electron chi connectivity index (χ4n) is 2.19. The predicted octanol–water partition coefficient (Wildman–Crippen LogP) is 3.78. The number of hydrogen-bond donors (Lipinski definition) is 1. The molecule has 2 heterocycles. The lowest BCUT2D eigenvalue weighted by Crippen LogP contribution is -2.27. The van der Waals surface area contributed by atoms with Crippen LogP contribution in [0.4, 0.5) is 13.2 Å². The highest BCUT2D eigenvalue weighted by atomic mass is 35.5. The zero-order valence-electron chi connectivity index (χ0n) is 13.6. The molecule has 1 aromatic carbocycles. The number of nitrogens with one attached hydrogen (secondary N) is 1. The number of pyridine rings is 1. The van der Waals surface area contributed by atoms with Crippen LogP contribution in [0.15, 0.2) is 47.0 Å². The summed E-state index contributed by atoms with van der Waals surface area (Å²) in [4.78, 5) is 19.5. The van der Waals surface area contributed by atoms with Crippen LogP contribution in [0.1, 0.15) is 22.1 Å². The van der Waals surface area contributed by atoms with E-state index in [1.165, 1.54) is 6.07 Å². The quantitative estimate of drug-likeness (QED) is 0.710. The smallest absolute Gasteiger partial charge is 0.350 e. The van der Waals surface area contributed by atoms with E-state index in [1.807, 2.05) is 0 Å². The molecule has 1 N–H and O–H groups in total. The Hall–Kier alpha value is -2.94. The van der Waals surface area contributed by atoms with Gasteiger partial charge in [-0.2, -0.15) is 18.2 Å². The standard InChI is InChI=1S/C17H12ClF3N4O2/c18-11-4-1-3-10(9-11)15-24-14(27-25-15)7-8-22-16(26)12-5-2-6-13(23-12)17(19,20)21/h1-6,9H,7-8H2,(H,22,26). The van der Waals surface area contributed by atoms with Gasteiger partial charge in [0.05, 0.1) is 0 Å². The fourth-order valence-corrected chi connectivity index (χ4v) is 2.38. The molecule has 0 atom stereocenters. The van der Waals surface area contributed by atoms with Gasteiger partial charge in [-0.15, -0.1) is 0 Å². The van der Waals surface area contributed by atoms with E-state index >= 15 is 0 Å². The topological polar surface area (TPSA) is 80.9 Å². The molecule has 6 nitrogen and oxygen atoms in total. The average molecular weight is 397 g/mol. The molecule has 0 bridgehead atoms. The third kappa shape index (κ3) is 4.82. The molecule has 140 valence electrons. The Labute approximate surface area is 156 Å². The van der Waals surface area contributed by atoms with Crippen molar-refractivity contribution in [3.05, 3.63) is 64.8 Å². The maximum atomic E-state index is 12.6. The predicted molar refractivity (Wildman–Crippen MR) is 90.0 cm³/mol. The van der Waals surface area contributed by atoms with Gasteiger partial charge in [-0.3, -0.25) is 4.79 Å². The third-order valence-corrected chi connectivity index (χ3v) is 3.68. The first-order valence-electron chi connectivity index (χ1n) is 7.74. The Balaban J connectivity index is 1.58. The minimum atomic E-state index is -4.61. The highest BCUT2D eigenvalue weighted by Gasteiger charge is 2.32. The zero-order chi connectivity index (χ0) is 19.4. The zero-order valence-corrected chi connectivity index (χ0v) is 14.4. The lowest BCUT2D eigenvalue weighted by Gasteiger charge is -2.07. The molecule has 0 unspecified atom stereocenters. The lowest BCUT2D eigenvalue weighted by molar-refractivity contribution is -0.141. The van der Waals surface area contributed by atoms with Crippen LogP contribution in [0.2, 0.25) is 5.02 Å². The summed E-state index contributed by atoms with van der Waals surface area (Å²) in [7, 11) is 0. The Bertz CT molecular complexity index is 959. The molecular weight excluding hydrogens is 385 g/mol. The molecule has 27 heavy (non-hydrogen) atoms. The third-order valence-electron chi connectivity index (χ3n) is 3.45. The van der Waals surface area contributed by atoms with Gasteiger partial charge in [0.1, 0.15) is 11.4 Å². The van der Waals surface area contributed by atoms with E-state index in [2.05, 4.69) is 20.4 Å². The fraction of sp³-hybridized carbons (Fsp3) is 0.176. The summed E-state index contributed by atoms with van der Waals surface area (Å²) in [6, 6.07) is 10.0. The molecule has 0 saturated carbocycles. The molecule has 0 aliphatic heterocycles. The number of aromatic nitrogens is 3. The molecule has 0 aliphatic carbocycles. The lowest BCUT2D eigenvalue weighted by atomic mass is 10.2. The minimum absolute atomic E-state index is 0.0912. The average Bonchev–Trinajstić information content (AvgIpc) is 3.10. The Morgan fingerprint density at radius 2 is 1.93 bits per heavy atom. The van der Waals surface area contributed by atoms with Crippen molar-refractivity contribution in [1.29, 1.82) is 0 Å². The van der Waals surface area contributed by atoms with Crippen LogP contribution in [0.5, 0.6) is 0 Å². The normalized spacial score (nSPS) is 11.4. The van der Waals surface area contributed by atoms with E-state index in [1.54, 1.807) is 24.3 Å². The molecule has 3 aromatic rings. The first kappa shape index (κ1) is 18.8. The van der Waals surface area contributed by atoms with Crippen LogP contribution in [-0.4, -0.2) is 27.6 Å². The minimum Gasteiger partial charge on any atom is -0.350 e. The number of nitrogens with zero attached hydrogens (tertiary/aromatic N) is 3. The van der Waals surface area contributed by atoms with Crippen molar-refractivity contribution in [2.45, 2.75) is 12.6 Å². The maximum absolute atomic E-state index is 12.6. The molecule has 3 rings (SSSR count). The molecule has 10 heteroatoms. The highest BCUT2D eigenvalue weighted by Crippen LogP contribution is 2.27. The van der Waals surface area contributed by atoms with Gasteiger partial charge >= 0.3 is 6.18 Å². The largest absolute Gasteiger partial charge is 0.433 e. The monoisotopic (exact) mass is 396 g/mol. The van der Waals surface area contributed by atoms with Crippen molar-refractivity contribution in [2.75, 3.05) is 6.54 Å². The molecule has 1 amide bonds. The van der Waals surface area contributed by atoms with Crippen LogP contribution in [0.3, 0.4) is 0 Å². The van der Waals surface area contributed by atoms with Gasteiger partial charge < -0.3 is 9.84 Å². The van der Waals surface area contributed by atoms with Crippen LogP contribution in [0, 0.1) is 0 Å². The van der Waals surface area contributed by atoms with Gasteiger partial charge in [-0.25, -0.2) is 4.98 Å². The summed E-state index contributed by atoms with van der Waals surface area (Å²) >= 11 is 5.91. The van der Waals surface area contributed by atoms with Crippen molar-refractivity contribution in [1.82, 2.24) is 20.4 Å². The number of amides is 1. The molecule has 0 aliphatic rings. The number of alkyl halides is 3. The summed E-state index contributed by atoms with van der Waals surface area (Å²) in [5, 5.41) is 6.82. The number of halogens is 4. The Morgan fingerprint density at radius 3 is 2.67 bits per heavy atom. The molecular formula is C17H12ClF3N4O2. The number of hydrogen-bond acceptors (Lipinski definition) is 5. The number of carbonyl (C=O) groups is 1. The highest BCUT2D eigenvalue weighted by molar-refractivity contribution is 6.30. The second kappa shape index (κ2) is 7.75. The van der Waals surface area contributed by atoms with Gasteiger partial charge in [-0.05, 0) is 24.3 Å². The summed E-state index contributed by atoms with van der Waals surface area (Å²) in [6.07, 6.45) is -4.41. The molecule has 2 aromatic heterocycles. The molecule has 0 fully saturated rings. The second-order valence-corrected chi connectivity index (χ2v) is 5.87. The van der Waals surface area contributed by atoms with Gasteiger partial charge in [0.2, 0.25) is 11.7 Å². The van der Waals surface area contributed by atoms with E-state index in [0.29, 0.717) is 16.4 Å². The van der Waals surface area contributed by atoms with E-state index in [-0.39, 0.29) is 24.6 Å². The SMILES string of the molecule is O=C(NCCc1nc(-c2cccc(Cl)c2)no1)c1cccc(C(F)(F)F)n1. The van der Waals surface area contributed by atoms with Crippen LogP contribution in [-0.2, 0) is 12.6 Å². The second-order valence-electron chi connectivity index (χ2n) is 5.43. The summed E-state index contributed by atoms with van der Waals surface area (Å²) < 4.78 is 43.0. The molecule has 0 radical (unpaired) electrons. The van der Waals surface area contributed by atoms with Crippen molar-refractivity contribution in [3.63, 3.8) is 0 Å². The summed E-state index contributed by atoms with van der Waals surface area (Å²) in [6.45, 7) is 0.0912. The summed E-state index contributed by atoms with van der Waals surface area (Å²) in [5.74, 6) is -0.115. The van der Waals surface area contributed by atoms with Gasteiger partial charge in [0, 0.05) is 23.6 Å². The number of rotatable bonds is 5. The van der Waals surface area contributed by atoms with E-state index in [0.717, 1.165) is 12.1 Å². The first-order chi connectivity index (χ1) is 12.8. The molecule has 0 saturated heterocycles.